The second kappa shape index (κ2) is 7.62. The number of carbonyl (C=O) groups is 3. The number of hydrogen-bond donors (Lipinski definition) is 2. The van der Waals surface area contributed by atoms with Crippen molar-refractivity contribution in [2.45, 2.75) is 57.9 Å². The van der Waals surface area contributed by atoms with E-state index in [0.717, 1.165) is 19.3 Å². The normalized spacial score (nSPS) is 30.5. The number of anilines is 1. The highest BCUT2D eigenvalue weighted by Gasteiger charge is 2.61. The van der Waals surface area contributed by atoms with Crippen molar-refractivity contribution in [3.8, 4) is 0 Å². The van der Waals surface area contributed by atoms with Gasteiger partial charge in [0.05, 0.1) is 10.3 Å². The van der Waals surface area contributed by atoms with E-state index in [0.29, 0.717) is 36.7 Å². The highest BCUT2D eigenvalue weighted by Crippen LogP contribution is 2.62. The summed E-state index contributed by atoms with van der Waals surface area (Å²) in [5.41, 5.74) is -0.484. The molecule has 4 aliphatic rings. The van der Waals surface area contributed by atoms with Gasteiger partial charge in [-0.1, -0.05) is 6.07 Å². The van der Waals surface area contributed by atoms with Crippen molar-refractivity contribution in [2.75, 3.05) is 11.9 Å². The Labute approximate surface area is 180 Å². The molecule has 4 saturated carbocycles. The molecule has 2 N–H and O–H groups in total. The van der Waals surface area contributed by atoms with Crippen molar-refractivity contribution >= 4 is 29.2 Å². The molecular weight excluding hydrogens is 402 g/mol. The Morgan fingerprint density at radius 1 is 1.19 bits per heavy atom. The second-order valence-electron chi connectivity index (χ2n) is 9.60. The van der Waals surface area contributed by atoms with Gasteiger partial charge in [0, 0.05) is 18.5 Å². The second-order valence-corrected chi connectivity index (χ2v) is 9.60. The monoisotopic (exact) mass is 429 g/mol. The molecule has 9 heteroatoms. The van der Waals surface area contributed by atoms with Crippen LogP contribution in [-0.2, 0) is 19.1 Å². The Morgan fingerprint density at radius 2 is 1.87 bits per heavy atom. The standard InChI is InChI=1S/C22H27N3O6/c1-13-3-4-17(18(5-13)25(29)30)23-19(27)11-31-20(28)21-7-15-6-16(8-21)10-22(9-15,12-21)24-14(2)26/h3-5,15-16H,6-12H2,1-2H3,(H,23,27)(H,24,26). The fourth-order valence-electron chi connectivity index (χ4n) is 6.39. The third-order valence-corrected chi connectivity index (χ3v) is 6.89. The number of nitro groups is 1. The van der Waals surface area contributed by atoms with E-state index in [1.165, 1.54) is 19.1 Å². The van der Waals surface area contributed by atoms with Gasteiger partial charge >= 0.3 is 5.97 Å². The fourth-order valence-corrected chi connectivity index (χ4v) is 6.39. The summed E-state index contributed by atoms with van der Waals surface area (Å²) in [5, 5.41) is 16.8. The van der Waals surface area contributed by atoms with Gasteiger partial charge in [0.1, 0.15) is 5.69 Å². The fraction of sp³-hybridized carbons (Fsp3) is 0.591. The van der Waals surface area contributed by atoms with Gasteiger partial charge in [0.15, 0.2) is 6.61 Å². The lowest BCUT2D eigenvalue weighted by molar-refractivity contribution is -0.384. The van der Waals surface area contributed by atoms with E-state index in [2.05, 4.69) is 10.6 Å². The van der Waals surface area contributed by atoms with Crippen molar-refractivity contribution in [3.63, 3.8) is 0 Å². The van der Waals surface area contributed by atoms with E-state index >= 15 is 0 Å². The molecular formula is C22H27N3O6. The smallest absolute Gasteiger partial charge is 0.312 e. The molecule has 166 valence electrons. The van der Waals surface area contributed by atoms with E-state index in [4.69, 9.17) is 4.74 Å². The molecule has 0 spiro atoms. The molecule has 1 aromatic rings. The van der Waals surface area contributed by atoms with Gasteiger partial charge < -0.3 is 15.4 Å². The number of nitrogens with one attached hydrogen (secondary N) is 2. The summed E-state index contributed by atoms with van der Waals surface area (Å²) < 4.78 is 5.40. The number of amides is 2. The van der Waals surface area contributed by atoms with E-state index in [1.54, 1.807) is 13.0 Å². The van der Waals surface area contributed by atoms with Crippen LogP contribution in [0.3, 0.4) is 0 Å². The summed E-state index contributed by atoms with van der Waals surface area (Å²) >= 11 is 0. The lowest BCUT2D eigenvalue weighted by Gasteiger charge is -2.60. The topological polar surface area (TPSA) is 128 Å². The summed E-state index contributed by atoms with van der Waals surface area (Å²) in [6.07, 6.45) is 4.80. The molecule has 31 heavy (non-hydrogen) atoms. The Bertz CT molecular complexity index is 945. The van der Waals surface area contributed by atoms with Gasteiger partial charge in [0.2, 0.25) is 5.91 Å². The minimum absolute atomic E-state index is 0.0658. The zero-order valence-electron chi connectivity index (χ0n) is 17.7. The van der Waals surface area contributed by atoms with Gasteiger partial charge in [-0.05, 0) is 68.9 Å². The number of ether oxygens (including phenoxy) is 1. The molecule has 4 aliphatic carbocycles. The van der Waals surface area contributed by atoms with Crippen molar-refractivity contribution in [3.05, 3.63) is 33.9 Å². The maximum Gasteiger partial charge on any atom is 0.312 e. The molecule has 2 amide bonds. The quantitative estimate of drug-likeness (QED) is 0.407. The number of nitro benzene ring substituents is 1. The number of esters is 1. The first-order valence-electron chi connectivity index (χ1n) is 10.6. The molecule has 0 saturated heterocycles. The molecule has 5 rings (SSSR count). The van der Waals surface area contributed by atoms with Crippen LogP contribution in [0.1, 0.15) is 51.0 Å². The number of aryl methyl sites for hydroxylation is 1. The third-order valence-electron chi connectivity index (χ3n) is 6.89. The minimum Gasteiger partial charge on any atom is -0.455 e. The summed E-state index contributed by atoms with van der Waals surface area (Å²) in [4.78, 5) is 47.8. The number of benzene rings is 1. The SMILES string of the molecule is CC(=O)NC12CC3CC(C1)CC(C(=O)OCC(=O)Nc1ccc(C)cc1[N+](=O)[O-])(C3)C2. The van der Waals surface area contributed by atoms with Crippen LogP contribution < -0.4 is 10.6 Å². The van der Waals surface area contributed by atoms with Crippen LogP contribution in [0.25, 0.3) is 0 Å². The molecule has 0 aromatic heterocycles. The van der Waals surface area contributed by atoms with Crippen LogP contribution >= 0.6 is 0 Å². The average molecular weight is 429 g/mol. The van der Waals surface area contributed by atoms with E-state index in [9.17, 15) is 24.5 Å². The van der Waals surface area contributed by atoms with Crippen LogP contribution in [0.4, 0.5) is 11.4 Å². The first kappa shape index (κ1) is 21.3. The Kier molecular flexibility index (Phi) is 5.23. The van der Waals surface area contributed by atoms with Crippen LogP contribution in [0, 0.1) is 34.3 Å². The first-order valence-corrected chi connectivity index (χ1v) is 10.6. The average Bonchev–Trinajstić information content (AvgIpc) is 2.65. The molecule has 0 heterocycles. The zero-order valence-corrected chi connectivity index (χ0v) is 17.7. The summed E-state index contributed by atoms with van der Waals surface area (Å²) in [5.74, 6) is -0.398. The van der Waals surface area contributed by atoms with E-state index < -0.39 is 28.8 Å². The number of nitrogens with zero attached hydrogens (tertiary/aromatic N) is 1. The predicted molar refractivity (Wildman–Crippen MR) is 111 cm³/mol. The van der Waals surface area contributed by atoms with Crippen LogP contribution in [-0.4, -0.2) is 34.9 Å². The largest absolute Gasteiger partial charge is 0.455 e. The van der Waals surface area contributed by atoms with Crippen LogP contribution in [0.15, 0.2) is 18.2 Å². The number of hydrogen-bond acceptors (Lipinski definition) is 6. The molecule has 2 atom stereocenters. The molecule has 1 aromatic carbocycles. The Balaban J connectivity index is 1.42. The molecule has 0 radical (unpaired) electrons. The molecule has 4 fully saturated rings. The van der Waals surface area contributed by atoms with Crippen LogP contribution in [0.5, 0.6) is 0 Å². The predicted octanol–water partition coefficient (Wildman–Crippen LogP) is 2.86. The maximum absolute atomic E-state index is 13.1. The lowest BCUT2D eigenvalue weighted by Crippen LogP contribution is -2.64. The summed E-state index contributed by atoms with van der Waals surface area (Å²) in [7, 11) is 0. The van der Waals surface area contributed by atoms with Gasteiger partial charge in [-0.15, -0.1) is 0 Å². The van der Waals surface area contributed by atoms with Crippen molar-refractivity contribution in [1.82, 2.24) is 5.32 Å². The van der Waals surface area contributed by atoms with Crippen molar-refractivity contribution in [1.29, 1.82) is 0 Å². The van der Waals surface area contributed by atoms with E-state index in [1.807, 2.05) is 0 Å². The van der Waals surface area contributed by atoms with Gasteiger partial charge in [0.25, 0.3) is 11.6 Å². The lowest BCUT2D eigenvalue weighted by atomic mass is 9.47. The van der Waals surface area contributed by atoms with Gasteiger partial charge in [-0.2, -0.15) is 0 Å². The zero-order chi connectivity index (χ0) is 22.4. The molecule has 9 nitrogen and oxygen atoms in total. The Morgan fingerprint density at radius 3 is 2.48 bits per heavy atom. The van der Waals surface area contributed by atoms with Crippen molar-refractivity contribution < 1.29 is 24.0 Å². The van der Waals surface area contributed by atoms with Gasteiger partial charge in [-0.25, -0.2) is 0 Å². The molecule has 0 aliphatic heterocycles. The maximum atomic E-state index is 13.1. The van der Waals surface area contributed by atoms with Crippen molar-refractivity contribution in [2.24, 2.45) is 17.3 Å². The summed E-state index contributed by atoms with van der Waals surface area (Å²) in [6, 6.07) is 4.49. The Hall–Kier alpha value is -2.97. The number of carbonyl (C=O) groups excluding carboxylic acids is 3. The summed E-state index contributed by atoms with van der Waals surface area (Å²) in [6.45, 7) is 2.71. The number of rotatable bonds is 6. The first-order chi connectivity index (χ1) is 14.6. The van der Waals surface area contributed by atoms with E-state index in [-0.39, 0.29) is 22.8 Å². The minimum atomic E-state index is -0.678. The highest BCUT2D eigenvalue weighted by atomic mass is 16.6. The molecule has 2 unspecified atom stereocenters. The molecule has 4 bridgehead atoms. The van der Waals surface area contributed by atoms with Crippen LogP contribution in [0.2, 0.25) is 0 Å². The highest BCUT2D eigenvalue weighted by molar-refractivity contribution is 5.95. The van der Waals surface area contributed by atoms with Gasteiger partial charge in [-0.3, -0.25) is 24.5 Å². The third kappa shape index (κ3) is 4.13.